The molecule has 17 heavy (non-hydrogen) atoms. The lowest BCUT2D eigenvalue weighted by Gasteiger charge is -2.22. The zero-order valence-electron chi connectivity index (χ0n) is 10.5. The van der Waals surface area contributed by atoms with Gasteiger partial charge in [0.2, 0.25) is 0 Å². The Hall–Kier alpha value is -1.57. The molecule has 1 heterocycles. The minimum Gasteiger partial charge on any atom is -0.387 e. The van der Waals surface area contributed by atoms with Gasteiger partial charge in [0.25, 0.3) is 0 Å². The van der Waals surface area contributed by atoms with E-state index < -0.39 is 0 Å². The smallest absolute Gasteiger partial charge is 0.157 e. The standard InChI is InChI=1S/C15H19NO/c1-3-14(17)9-13-10-15(2,11-16-13)12-7-5-4-6-8-12/h4-9,16H,3,10-11H2,1-2H3/b13-9-. The van der Waals surface area contributed by atoms with Crippen LogP contribution >= 0.6 is 0 Å². The first-order valence-electron chi connectivity index (χ1n) is 6.17. The molecule has 2 nitrogen and oxygen atoms in total. The maximum absolute atomic E-state index is 11.4. The van der Waals surface area contributed by atoms with Crippen molar-refractivity contribution in [2.45, 2.75) is 32.1 Å². The fourth-order valence-electron chi connectivity index (χ4n) is 2.30. The van der Waals surface area contributed by atoms with Crippen LogP contribution in [0, 0.1) is 0 Å². The largest absolute Gasteiger partial charge is 0.387 e. The molecule has 0 radical (unpaired) electrons. The molecule has 1 saturated heterocycles. The molecule has 1 atom stereocenters. The van der Waals surface area contributed by atoms with Crippen LogP contribution in [0.2, 0.25) is 0 Å². The molecule has 0 bridgehead atoms. The first kappa shape index (κ1) is 11.9. The number of carbonyl (C=O) groups is 1. The van der Waals surface area contributed by atoms with Gasteiger partial charge in [0, 0.05) is 30.2 Å². The predicted molar refractivity (Wildman–Crippen MR) is 69.8 cm³/mol. The Morgan fingerprint density at radius 1 is 1.41 bits per heavy atom. The Balaban J connectivity index is 2.16. The Labute approximate surface area is 103 Å². The van der Waals surface area contributed by atoms with Crippen LogP contribution in [-0.4, -0.2) is 12.3 Å². The highest BCUT2D eigenvalue weighted by Gasteiger charge is 2.33. The summed E-state index contributed by atoms with van der Waals surface area (Å²) in [7, 11) is 0. The maximum atomic E-state index is 11.4. The summed E-state index contributed by atoms with van der Waals surface area (Å²) in [6.45, 7) is 5.04. The summed E-state index contributed by atoms with van der Waals surface area (Å²) < 4.78 is 0. The highest BCUT2D eigenvalue weighted by Crippen LogP contribution is 2.34. The lowest BCUT2D eigenvalue weighted by molar-refractivity contribution is -0.114. The normalized spacial score (nSPS) is 25.9. The average molecular weight is 229 g/mol. The second kappa shape index (κ2) is 4.74. The molecule has 1 unspecified atom stereocenters. The molecule has 90 valence electrons. The van der Waals surface area contributed by atoms with Crippen LogP contribution in [0.3, 0.4) is 0 Å². The molecule has 1 aliphatic heterocycles. The van der Waals surface area contributed by atoms with Gasteiger partial charge in [0.1, 0.15) is 0 Å². The van der Waals surface area contributed by atoms with Crippen molar-refractivity contribution in [1.82, 2.24) is 5.32 Å². The molecule has 1 aromatic rings. The molecule has 1 aliphatic rings. The van der Waals surface area contributed by atoms with Crippen LogP contribution in [0.4, 0.5) is 0 Å². The van der Waals surface area contributed by atoms with Crippen LogP contribution in [0.5, 0.6) is 0 Å². The van der Waals surface area contributed by atoms with Gasteiger partial charge >= 0.3 is 0 Å². The third-order valence-corrected chi connectivity index (χ3v) is 3.44. The fraction of sp³-hybridized carbons (Fsp3) is 0.400. The fourth-order valence-corrected chi connectivity index (χ4v) is 2.30. The van der Waals surface area contributed by atoms with E-state index in [-0.39, 0.29) is 11.2 Å². The van der Waals surface area contributed by atoms with E-state index in [1.165, 1.54) is 5.56 Å². The third kappa shape index (κ3) is 2.57. The number of allylic oxidation sites excluding steroid dienone is 2. The van der Waals surface area contributed by atoms with Crippen molar-refractivity contribution >= 4 is 5.78 Å². The molecule has 0 aliphatic carbocycles. The summed E-state index contributed by atoms with van der Waals surface area (Å²) in [6.07, 6.45) is 3.25. The summed E-state index contributed by atoms with van der Waals surface area (Å²) in [5.74, 6) is 0.199. The predicted octanol–water partition coefficient (Wildman–Crippen LogP) is 2.80. The Bertz CT molecular complexity index is 435. The van der Waals surface area contributed by atoms with Crippen molar-refractivity contribution in [1.29, 1.82) is 0 Å². The average Bonchev–Trinajstić information content (AvgIpc) is 2.73. The van der Waals surface area contributed by atoms with Gasteiger partial charge in [-0.2, -0.15) is 0 Å². The molecule has 1 fully saturated rings. The lowest BCUT2D eigenvalue weighted by Crippen LogP contribution is -2.24. The van der Waals surface area contributed by atoms with E-state index in [0.717, 1.165) is 18.7 Å². The summed E-state index contributed by atoms with van der Waals surface area (Å²) >= 11 is 0. The number of hydrogen-bond acceptors (Lipinski definition) is 2. The number of carbonyl (C=O) groups excluding carboxylic acids is 1. The zero-order valence-corrected chi connectivity index (χ0v) is 10.5. The van der Waals surface area contributed by atoms with Gasteiger partial charge in [-0.15, -0.1) is 0 Å². The molecule has 0 spiro atoms. The van der Waals surface area contributed by atoms with E-state index in [4.69, 9.17) is 0 Å². The van der Waals surface area contributed by atoms with Crippen LogP contribution in [0.15, 0.2) is 42.1 Å². The van der Waals surface area contributed by atoms with Gasteiger partial charge < -0.3 is 5.32 Å². The molecular weight excluding hydrogens is 210 g/mol. The Morgan fingerprint density at radius 2 is 2.12 bits per heavy atom. The summed E-state index contributed by atoms with van der Waals surface area (Å²) in [5.41, 5.74) is 2.52. The molecule has 2 rings (SSSR count). The van der Waals surface area contributed by atoms with Crippen molar-refractivity contribution < 1.29 is 4.79 Å². The maximum Gasteiger partial charge on any atom is 0.157 e. The van der Waals surface area contributed by atoms with Gasteiger partial charge in [-0.25, -0.2) is 0 Å². The first-order chi connectivity index (χ1) is 8.14. The van der Waals surface area contributed by atoms with E-state index in [0.29, 0.717) is 6.42 Å². The second-order valence-corrected chi connectivity index (χ2v) is 4.95. The molecule has 0 aromatic heterocycles. The molecule has 2 heteroatoms. The Morgan fingerprint density at radius 3 is 2.76 bits per heavy atom. The Kier molecular flexibility index (Phi) is 3.32. The van der Waals surface area contributed by atoms with Gasteiger partial charge in [-0.05, 0) is 12.0 Å². The van der Waals surface area contributed by atoms with E-state index in [1.807, 2.05) is 13.0 Å². The van der Waals surface area contributed by atoms with Crippen LogP contribution in [-0.2, 0) is 10.2 Å². The van der Waals surface area contributed by atoms with Gasteiger partial charge in [-0.3, -0.25) is 4.79 Å². The quantitative estimate of drug-likeness (QED) is 0.807. The monoisotopic (exact) mass is 229 g/mol. The van der Waals surface area contributed by atoms with Crippen molar-refractivity contribution in [3.05, 3.63) is 47.7 Å². The van der Waals surface area contributed by atoms with Crippen molar-refractivity contribution in [3.63, 3.8) is 0 Å². The van der Waals surface area contributed by atoms with Gasteiger partial charge in [0.05, 0.1) is 0 Å². The SMILES string of the molecule is CCC(=O)/C=C1/CC(C)(c2ccccc2)CN1. The van der Waals surface area contributed by atoms with Crippen molar-refractivity contribution in [3.8, 4) is 0 Å². The van der Waals surface area contributed by atoms with Crippen molar-refractivity contribution in [2.75, 3.05) is 6.54 Å². The highest BCUT2D eigenvalue weighted by molar-refractivity contribution is 5.90. The molecule has 1 aromatic carbocycles. The molecule has 0 saturated carbocycles. The molecule has 1 N–H and O–H groups in total. The highest BCUT2D eigenvalue weighted by atomic mass is 16.1. The molecule has 0 amide bonds. The van der Waals surface area contributed by atoms with Crippen LogP contribution < -0.4 is 5.32 Å². The van der Waals surface area contributed by atoms with E-state index in [1.54, 1.807) is 6.08 Å². The number of benzene rings is 1. The minimum absolute atomic E-state index is 0.112. The number of hydrogen-bond donors (Lipinski definition) is 1. The third-order valence-electron chi connectivity index (χ3n) is 3.44. The zero-order chi connectivity index (χ0) is 12.3. The number of nitrogens with one attached hydrogen (secondary N) is 1. The second-order valence-electron chi connectivity index (χ2n) is 4.95. The van der Waals surface area contributed by atoms with E-state index >= 15 is 0 Å². The van der Waals surface area contributed by atoms with E-state index in [9.17, 15) is 4.79 Å². The topological polar surface area (TPSA) is 29.1 Å². The first-order valence-corrected chi connectivity index (χ1v) is 6.17. The van der Waals surface area contributed by atoms with Crippen molar-refractivity contribution in [2.24, 2.45) is 0 Å². The van der Waals surface area contributed by atoms with Crippen LogP contribution in [0.1, 0.15) is 32.3 Å². The molecular formula is C15H19NO. The number of ketones is 1. The lowest BCUT2D eigenvalue weighted by atomic mass is 9.81. The summed E-state index contributed by atoms with van der Waals surface area (Å²) in [6, 6.07) is 10.5. The number of rotatable bonds is 3. The van der Waals surface area contributed by atoms with Gasteiger partial charge in [0.15, 0.2) is 5.78 Å². The summed E-state index contributed by atoms with van der Waals surface area (Å²) in [4.78, 5) is 11.4. The summed E-state index contributed by atoms with van der Waals surface area (Å²) in [5, 5.41) is 3.35. The van der Waals surface area contributed by atoms with Crippen LogP contribution in [0.25, 0.3) is 0 Å². The van der Waals surface area contributed by atoms with E-state index in [2.05, 4.69) is 36.5 Å². The van der Waals surface area contributed by atoms with Gasteiger partial charge in [-0.1, -0.05) is 44.2 Å². The minimum atomic E-state index is 0.112.